The highest BCUT2D eigenvalue weighted by Crippen LogP contribution is 2.21. The molecule has 0 aliphatic carbocycles. The van der Waals surface area contributed by atoms with Crippen LogP contribution in [0, 0.1) is 0 Å². The van der Waals surface area contributed by atoms with Gasteiger partial charge in [0, 0.05) is 39.2 Å². The van der Waals surface area contributed by atoms with Crippen LogP contribution in [0.5, 0.6) is 0 Å². The van der Waals surface area contributed by atoms with Gasteiger partial charge < -0.3 is 19.8 Å². The van der Waals surface area contributed by atoms with Crippen molar-refractivity contribution >= 4 is 0 Å². The third kappa shape index (κ3) is 4.93. The number of aliphatic hydroxyl groups is 2. The standard InChI is InChI=1S/C11H23NO3/c1-12(6-2-3-7-13)10-11(14)4-8-15-9-5-11/h13-14H,2-10H2,1H3. The smallest absolute Gasteiger partial charge is 0.0817 e. The Labute approximate surface area is 91.8 Å². The molecule has 1 aliphatic heterocycles. The van der Waals surface area contributed by atoms with E-state index in [1.165, 1.54) is 0 Å². The molecule has 1 saturated heterocycles. The van der Waals surface area contributed by atoms with Crippen LogP contribution in [0.2, 0.25) is 0 Å². The molecule has 0 aromatic heterocycles. The molecule has 1 heterocycles. The fourth-order valence-corrected chi connectivity index (χ4v) is 1.98. The van der Waals surface area contributed by atoms with E-state index in [-0.39, 0.29) is 6.61 Å². The van der Waals surface area contributed by atoms with Crippen LogP contribution < -0.4 is 0 Å². The molecule has 2 N–H and O–H groups in total. The Morgan fingerprint density at radius 1 is 1.27 bits per heavy atom. The van der Waals surface area contributed by atoms with Gasteiger partial charge in [0.25, 0.3) is 0 Å². The predicted octanol–water partition coefficient (Wildman–Crippen LogP) is 0.232. The molecule has 90 valence electrons. The molecule has 0 spiro atoms. The van der Waals surface area contributed by atoms with Crippen LogP contribution >= 0.6 is 0 Å². The fourth-order valence-electron chi connectivity index (χ4n) is 1.98. The van der Waals surface area contributed by atoms with Crippen molar-refractivity contribution in [1.29, 1.82) is 0 Å². The second-order valence-electron chi connectivity index (χ2n) is 4.51. The average molecular weight is 217 g/mol. The van der Waals surface area contributed by atoms with Crippen molar-refractivity contribution in [3.63, 3.8) is 0 Å². The minimum atomic E-state index is -0.563. The van der Waals surface area contributed by atoms with Crippen molar-refractivity contribution < 1.29 is 14.9 Å². The van der Waals surface area contributed by atoms with E-state index in [2.05, 4.69) is 4.90 Å². The second kappa shape index (κ2) is 6.43. The quantitative estimate of drug-likeness (QED) is 0.625. The Bertz CT molecular complexity index is 169. The number of nitrogens with zero attached hydrogens (tertiary/aromatic N) is 1. The van der Waals surface area contributed by atoms with E-state index in [1.54, 1.807) is 0 Å². The van der Waals surface area contributed by atoms with Gasteiger partial charge >= 0.3 is 0 Å². The summed E-state index contributed by atoms with van der Waals surface area (Å²) in [5, 5.41) is 18.9. The molecule has 15 heavy (non-hydrogen) atoms. The molecule has 0 saturated carbocycles. The molecule has 4 heteroatoms. The maximum absolute atomic E-state index is 10.2. The summed E-state index contributed by atoms with van der Waals surface area (Å²) in [6.45, 7) is 3.24. The highest BCUT2D eigenvalue weighted by atomic mass is 16.5. The maximum Gasteiger partial charge on any atom is 0.0817 e. The van der Waals surface area contributed by atoms with Gasteiger partial charge in [-0.2, -0.15) is 0 Å². The van der Waals surface area contributed by atoms with Gasteiger partial charge in [0.1, 0.15) is 0 Å². The zero-order valence-corrected chi connectivity index (χ0v) is 9.61. The molecule has 0 aromatic rings. The first-order chi connectivity index (χ1) is 7.16. The number of hydrogen-bond donors (Lipinski definition) is 2. The predicted molar refractivity (Wildman–Crippen MR) is 58.8 cm³/mol. The van der Waals surface area contributed by atoms with Crippen molar-refractivity contribution in [1.82, 2.24) is 4.90 Å². The molecule has 1 aliphatic rings. The van der Waals surface area contributed by atoms with Gasteiger partial charge in [-0.15, -0.1) is 0 Å². The summed E-state index contributed by atoms with van der Waals surface area (Å²) in [5.74, 6) is 0. The third-order valence-corrected chi connectivity index (χ3v) is 2.94. The van der Waals surface area contributed by atoms with E-state index in [0.29, 0.717) is 19.8 Å². The first-order valence-corrected chi connectivity index (χ1v) is 5.76. The van der Waals surface area contributed by atoms with E-state index >= 15 is 0 Å². The Kier molecular flexibility index (Phi) is 5.53. The van der Waals surface area contributed by atoms with E-state index in [0.717, 1.165) is 32.2 Å². The highest BCUT2D eigenvalue weighted by molar-refractivity contribution is 4.83. The lowest BCUT2D eigenvalue weighted by Crippen LogP contribution is -2.45. The van der Waals surface area contributed by atoms with E-state index in [4.69, 9.17) is 9.84 Å². The molecular weight excluding hydrogens is 194 g/mol. The molecule has 0 bridgehead atoms. The first-order valence-electron chi connectivity index (χ1n) is 5.76. The molecule has 0 aromatic carbocycles. The lowest BCUT2D eigenvalue weighted by atomic mass is 9.94. The Morgan fingerprint density at radius 2 is 1.93 bits per heavy atom. The van der Waals surface area contributed by atoms with E-state index in [9.17, 15) is 5.11 Å². The summed E-state index contributed by atoms with van der Waals surface area (Å²) < 4.78 is 5.23. The molecule has 0 amide bonds. The van der Waals surface area contributed by atoms with Crippen molar-refractivity contribution in [3.05, 3.63) is 0 Å². The Hall–Kier alpha value is -0.160. The number of rotatable bonds is 6. The number of aliphatic hydroxyl groups excluding tert-OH is 1. The van der Waals surface area contributed by atoms with Crippen molar-refractivity contribution in [2.24, 2.45) is 0 Å². The van der Waals surface area contributed by atoms with Crippen LogP contribution in [0.1, 0.15) is 25.7 Å². The number of hydrogen-bond acceptors (Lipinski definition) is 4. The van der Waals surface area contributed by atoms with Crippen LogP contribution in [-0.2, 0) is 4.74 Å². The lowest BCUT2D eigenvalue weighted by Gasteiger charge is -2.35. The number of ether oxygens (including phenoxy) is 1. The van der Waals surface area contributed by atoms with Gasteiger partial charge in [-0.05, 0) is 26.4 Å². The van der Waals surface area contributed by atoms with Crippen molar-refractivity contribution in [2.45, 2.75) is 31.3 Å². The lowest BCUT2D eigenvalue weighted by molar-refractivity contribution is -0.0769. The normalized spacial score (nSPS) is 20.8. The molecule has 4 nitrogen and oxygen atoms in total. The number of likely N-dealkylation sites (N-methyl/N-ethyl adjacent to an activating group) is 1. The molecule has 1 rings (SSSR count). The SMILES string of the molecule is CN(CCCCO)CC1(O)CCOCC1. The third-order valence-electron chi connectivity index (χ3n) is 2.94. The highest BCUT2D eigenvalue weighted by Gasteiger charge is 2.30. The molecular formula is C11H23NO3. The molecule has 0 atom stereocenters. The van der Waals surface area contributed by atoms with Gasteiger partial charge in [0.15, 0.2) is 0 Å². The van der Waals surface area contributed by atoms with Gasteiger partial charge in [-0.3, -0.25) is 0 Å². The summed E-state index contributed by atoms with van der Waals surface area (Å²) in [4.78, 5) is 2.14. The maximum atomic E-state index is 10.2. The van der Waals surface area contributed by atoms with Crippen molar-refractivity contribution in [3.8, 4) is 0 Å². The van der Waals surface area contributed by atoms with Crippen molar-refractivity contribution in [2.75, 3.05) is 40.0 Å². The molecule has 1 fully saturated rings. The molecule has 0 radical (unpaired) electrons. The average Bonchev–Trinajstić information content (AvgIpc) is 2.18. The molecule has 0 unspecified atom stereocenters. The van der Waals surface area contributed by atoms with Crippen LogP contribution in [0.4, 0.5) is 0 Å². The van der Waals surface area contributed by atoms with Crippen LogP contribution in [0.15, 0.2) is 0 Å². The zero-order chi connectivity index (χ0) is 11.1. The summed E-state index contributed by atoms with van der Waals surface area (Å²) in [5.41, 5.74) is -0.563. The monoisotopic (exact) mass is 217 g/mol. The van der Waals surface area contributed by atoms with Gasteiger partial charge in [-0.1, -0.05) is 0 Å². The minimum absolute atomic E-state index is 0.256. The minimum Gasteiger partial charge on any atom is -0.396 e. The van der Waals surface area contributed by atoms with Crippen LogP contribution in [0.3, 0.4) is 0 Å². The van der Waals surface area contributed by atoms with Crippen LogP contribution in [0.25, 0.3) is 0 Å². The van der Waals surface area contributed by atoms with E-state index < -0.39 is 5.60 Å². The Morgan fingerprint density at radius 3 is 2.53 bits per heavy atom. The van der Waals surface area contributed by atoms with Crippen LogP contribution in [-0.4, -0.2) is 60.7 Å². The largest absolute Gasteiger partial charge is 0.396 e. The fraction of sp³-hybridized carbons (Fsp3) is 1.00. The topological polar surface area (TPSA) is 52.9 Å². The summed E-state index contributed by atoms with van der Waals surface area (Å²) in [6, 6.07) is 0. The summed E-state index contributed by atoms with van der Waals surface area (Å²) in [6.07, 6.45) is 3.29. The zero-order valence-electron chi connectivity index (χ0n) is 9.61. The van der Waals surface area contributed by atoms with Gasteiger partial charge in [0.05, 0.1) is 5.60 Å². The summed E-state index contributed by atoms with van der Waals surface area (Å²) in [7, 11) is 2.02. The first kappa shape index (κ1) is 12.9. The second-order valence-corrected chi connectivity index (χ2v) is 4.51. The Balaban J connectivity index is 2.20. The van der Waals surface area contributed by atoms with Gasteiger partial charge in [0.2, 0.25) is 0 Å². The number of unbranched alkanes of at least 4 members (excludes halogenated alkanes) is 1. The van der Waals surface area contributed by atoms with Gasteiger partial charge in [-0.25, -0.2) is 0 Å². The summed E-state index contributed by atoms with van der Waals surface area (Å²) >= 11 is 0. The van der Waals surface area contributed by atoms with E-state index in [1.807, 2.05) is 7.05 Å².